The molecule has 1 unspecified atom stereocenters. The van der Waals surface area contributed by atoms with Crippen molar-refractivity contribution in [2.45, 2.75) is 25.9 Å². The smallest absolute Gasteiger partial charge is 0.284 e. The van der Waals surface area contributed by atoms with Crippen LogP contribution in [0.4, 0.5) is 0 Å². The van der Waals surface area contributed by atoms with Gasteiger partial charge in [0.05, 0.1) is 0 Å². The summed E-state index contributed by atoms with van der Waals surface area (Å²) in [6, 6.07) is 17.5. The Labute approximate surface area is 124 Å². The first kappa shape index (κ1) is 15.1. The third-order valence-corrected chi connectivity index (χ3v) is 3.17. The highest BCUT2D eigenvalue weighted by molar-refractivity contribution is 5.80. The molecular weight excluding hydrogens is 266 g/mol. The van der Waals surface area contributed by atoms with E-state index in [-0.39, 0.29) is 0 Å². The predicted octanol–water partition coefficient (Wildman–Crippen LogP) is 3.41. The van der Waals surface area contributed by atoms with E-state index in [1.54, 1.807) is 11.5 Å². The maximum atomic E-state index is 11.6. The summed E-state index contributed by atoms with van der Waals surface area (Å²) in [6.45, 7) is 1.96. The number of rotatable bonds is 6. The fraction of sp³-hybridized carbons (Fsp3) is 0.235. The van der Waals surface area contributed by atoms with Crippen LogP contribution in [0.3, 0.4) is 0 Å². The lowest BCUT2D eigenvalue weighted by atomic mass is 10.1. The molecule has 2 aromatic carbocycles. The minimum Gasteiger partial charge on any atom is -0.481 e. The minimum atomic E-state index is -0.689. The molecule has 0 aromatic heterocycles. The first-order valence-corrected chi connectivity index (χ1v) is 7.00. The van der Waals surface area contributed by atoms with Gasteiger partial charge in [0.25, 0.3) is 5.91 Å². The van der Waals surface area contributed by atoms with Crippen molar-refractivity contribution in [3.63, 3.8) is 0 Å². The van der Waals surface area contributed by atoms with E-state index in [9.17, 15) is 4.79 Å². The molecule has 0 spiro atoms. The SMILES string of the molecule is CCCC(Oc1cccc(-c2ccccc2)c1)C(=O)NO. The Morgan fingerprint density at radius 2 is 1.86 bits per heavy atom. The van der Waals surface area contributed by atoms with Crippen LogP contribution in [0.25, 0.3) is 11.1 Å². The highest BCUT2D eigenvalue weighted by Crippen LogP contribution is 2.24. The molecule has 4 nitrogen and oxygen atoms in total. The summed E-state index contributed by atoms with van der Waals surface area (Å²) in [4.78, 5) is 11.6. The second kappa shape index (κ2) is 7.45. The van der Waals surface area contributed by atoms with Crippen molar-refractivity contribution in [3.05, 3.63) is 54.6 Å². The number of hydrogen-bond acceptors (Lipinski definition) is 3. The van der Waals surface area contributed by atoms with E-state index in [4.69, 9.17) is 9.94 Å². The van der Waals surface area contributed by atoms with E-state index >= 15 is 0 Å². The third kappa shape index (κ3) is 4.07. The van der Waals surface area contributed by atoms with Crippen molar-refractivity contribution in [3.8, 4) is 16.9 Å². The van der Waals surface area contributed by atoms with Gasteiger partial charge in [0.1, 0.15) is 5.75 Å². The van der Waals surface area contributed by atoms with E-state index in [0.717, 1.165) is 17.5 Å². The van der Waals surface area contributed by atoms with Crippen molar-refractivity contribution < 1.29 is 14.7 Å². The molecule has 0 saturated heterocycles. The fourth-order valence-corrected chi connectivity index (χ4v) is 2.12. The first-order chi connectivity index (χ1) is 10.2. The zero-order valence-corrected chi connectivity index (χ0v) is 12.0. The molecule has 110 valence electrons. The van der Waals surface area contributed by atoms with Crippen LogP contribution >= 0.6 is 0 Å². The van der Waals surface area contributed by atoms with Crippen LogP contribution in [0.5, 0.6) is 5.75 Å². The predicted molar refractivity (Wildman–Crippen MR) is 81.1 cm³/mol. The maximum Gasteiger partial charge on any atom is 0.284 e. The van der Waals surface area contributed by atoms with Gasteiger partial charge >= 0.3 is 0 Å². The van der Waals surface area contributed by atoms with Crippen molar-refractivity contribution in [2.75, 3.05) is 0 Å². The molecule has 0 radical (unpaired) electrons. The Kier molecular flexibility index (Phi) is 5.35. The van der Waals surface area contributed by atoms with Gasteiger partial charge in [-0.3, -0.25) is 10.0 Å². The van der Waals surface area contributed by atoms with Crippen molar-refractivity contribution in [1.29, 1.82) is 0 Å². The molecule has 1 atom stereocenters. The van der Waals surface area contributed by atoms with Gasteiger partial charge < -0.3 is 4.74 Å². The van der Waals surface area contributed by atoms with Gasteiger partial charge in [-0.05, 0) is 29.7 Å². The molecule has 2 aromatic rings. The average Bonchev–Trinajstić information content (AvgIpc) is 2.55. The van der Waals surface area contributed by atoms with Crippen LogP contribution < -0.4 is 10.2 Å². The van der Waals surface area contributed by atoms with Gasteiger partial charge in [-0.15, -0.1) is 0 Å². The lowest BCUT2D eigenvalue weighted by Crippen LogP contribution is -2.36. The van der Waals surface area contributed by atoms with Gasteiger partial charge in [-0.25, -0.2) is 5.48 Å². The molecule has 21 heavy (non-hydrogen) atoms. The monoisotopic (exact) mass is 285 g/mol. The molecular formula is C17H19NO3. The lowest BCUT2D eigenvalue weighted by Gasteiger charge is -2.17. The Morgan fingerprint density at radius 1 is 1.14 bits per heavy atom. The highest BCUT2D eigenvalue weighted by Gasteiger charge is 2.18. The zero-order chi connectivity index (χ0) is 15.1. The molecule has 0 aliphatic heterocycles. The molecule has 0 bridgehead atoms. The van der Waals surface area contributed by atoms with Crippen LogP contribution in [0, 0.1) is 0 Å². The van der Waals surface area contributed by atoms with Crippen LogP contribution in [0.1, 0.15) is 19.8 Å². The standard InChI is InChI=1S/C17H19NO3/c1-2-7-16(17(19)18-20)21-15-11-6-10-14(12-15)13-8-4-3-5-9-13/h3-6,8-12,16,20H,2,7H2,1H3,(H,18,19). The number of benzene rings is 2. The normalized spacial score (nSPS) is 11.7. The molecule has 0 aliphatic rings. The number of amides is 1. The Bertz CT molecular complexity index is 584. The summed E-state index contributed by atoms with van der Waals surface area (Å²) in [5.74, 6) is 0.0837. The highest BCUT2D eigenvalue weighted by atomic mass is 16.5. The van der Waals surface area contributed by atoms with E-state index in [2.05, 4.69) is 0 Å². The van der Waals surface area contributed by atoms with Crippen molar-refractivity contribution in [2.24, 2.45) is 0 Å². The summed E-state index contributed by atoms with van der Waals surface area (Å²) >= 11 is 0. The number of hydrogen-bond donors (Lipinski definition) is 2. The van der Waals surface area contributed by atoms with E-state index < -0.39 is 12.0 Å². The Morgan fingerprint density at radius 3 is 2.52 bits per heavy atom. The van der Waals surface area contributed by atoms with E-state index in [0.29, 0.717) is 12.2 Å². The molecule has 1 amide bonds. The second-order valence-corrected chi connectivity index (χ2v) is 4.77. The summed E-state index contributed by atoms with van der Waals surface area (Å²) in [7, 11) is 0. The molecule has 0 fully saturated rings. The number of hydroxylamine groups is 1. The first-order valence-electron chi connectivity index (χ1n) is 7.00. The van der Waals surface area contributed by atoms with Crippen LogP contribution in [-0.4, -0.2) is 17.2 Å². The molecule has 4 heteroatoms. The number of carbonyl (C=O) groups is 1. The largest absolute Gasteiger partial charge is 0.481 e. The maximum absolute atomic E-state index is 11.6. The van der Waals surface area contributed by atoms with Crippen molar-refractivity contribution >= 4 is 5.91 Å². The van der Waals surface area contributed by atoms with E-state index in [1.165, 1.54) is 0 Å². The minimum absolute atomic E-state index is 0.526. The van der Waals surface area contributed by atoms with Crippen molar-refractivity contribution in [1.82, 2.24) is 5.48 Å². The molecule has 0 heterocycles. The van der Waals surface area contributed by atoms with Gasteiger partial charge in [0, 0.05) is 0 Å². The summed E-state index contributed by atoms with van der Waals surface area (Å²) in [5, 5.41) is 8.76. The third-order valence-electron chi connectivity index (χ3n) is 3.17. The lowest BCUT2D eigenvalue weighted by molar-refractivity contribution is -0.136. The molecule has 2 rings (SSSR count). The Balaban J connectivity index is 2.19. The quantitative estimate of drug-likeness (QED) is 0.631. The summed E-state index contributed by atoms with van der Waals surface area (Å²) in [6.07, 6.45) is 0.643. The molecule has 0 saturated carbocycles. The molecule has 2 N–H and O–H groups in total. The van der Waals surface area contributed by atoms with Crippen LogP contribution in [0.15, 0.2) is 54.6 Å². The zero-order valence-electron chi connectivity index (χ0n) is 12.0. The topological polar surface area (TPSA) is 58.6 Å². The second-order valence-electron chi connectivity index (χ2n) is 4.77. The summed E-state index contributed by atoms with van der Waals surface area (Å²) in [5.41, 5.74) is 3.76. The van der Waals surface area contributed by atoms with Crippen LogP contribution in [0.2, 0.25) is 0 Å². The van der Waals surface area contributed by atoms with Gasteiger partial charge in [-0.2, -0.15) is 0 Å². The van der Waals surface area contributed by atoms with Gasteiger partial charge in [-0.1, -0.05) is 55.8 Å². The number of ether oxygens (including phenoxy) is 1. The van der Waals surface area contributed by atoms with Gasteiger partial charge in [0.2, 0.25) is 0 Å². The fourth-order valence-electron chi connectivity index (χ4n) is 2.12. The number of nitrogens with one attached hydrogen (secondary N) is 1. The summed E-state index contributed by atoms with van der Waals surface area (Å²) < 4.78 is 5.70. The molecule has 0 aliphatic carbocycles. The number of carbonyl (C=O) groups excluding carboxylic acids is 1. The Hall–Kier alpha value is -2.33. The van der Waals surface area contributed by atoms with E-state index in [1.807, 2.05) is 55.5 Å². The average molecular weight is 285 g/mol. The van der Waals surface area contributed by atoms with Crippen LogP contribution in [-0.2, 0) is 4.79 Å². The van der Waals surface area contributed by atoms with Gasteiger partial charge in [0.15, 0.2) is 6.10 Å².